The highest BCUT2D eigenvalue weighted by Crippen LogP contribution is 2.38. The molecule has 2 aromatic heterocycles. The molecule has 0 atom stereocenters. The molecular formula is C28H27N3O4. The van der Waals surface area contributed by atoms with E-state index >= 15 is 0 Å². The number of hydrogen-bond donors (Lipinski definition) is 2. The summed E-state index contributed by atoms with van der Waals surface area (Å²) < 4.78 is 16.1. The number of fused-ring (bicyclic) bond motifs is 2. The number of aromatic nitrogens is 1. The quantitative estimate of drug-likeness (QED) is 0.317. The van der Waals surface area contributed by atoms with Gasteiger partial charge in [0.25, 0.3) is 0 Å². The Balaban J connectivity index is 1.51. The summed E-state index contributed by atoms with van der Waals surface area (Å²) in [4.78, 5) is 17.4. The van der Waals surface area contributed by atoms with Gasteiger partial charge in [-0.05, 0) is 79.8 Å². The molecule has 1 aliphatic rings. The van der Waals surface area contributed by atoms with Gasteiger partial charge in [0.2, 0.25) is 5.91 Å². The van der Waals surface area contributed by atoms with E-state index in [9.17, 15) is 4.79 Å². The summed E-state index contributed by atoms with van der Waals surface area (Å²) in [6, 6.07) is 15.1. The minimum absolute atomic E-state index is 0.235. The van der Waals surface area contributed by atoms with E-state index in [1.807, 2.05) is 36.4 Å². The first-order valence-electron chi connectivity index (χ1n) is 11.6. The van der Waals surface area contributed by atoms with E-state index in [0.29, 0.717) is 22.9 Å². The van der Waals surface area contributed by atoms with E-state index in [1.54, 1.807) is 38.7 Å². The maximum Gasteiger partial charge on any atom is 0.248 e. The van der Waals surface area contributed by atoms with Crippen LogP contribution in [-0.4, -0.2) is 25.1 Å². The number of methoxy groups -OCH3 is 2. The summed E-state index contributed by atoms with van der Waals surface area (Å²) in [7, 11) is 3.25. The predicted octanol–water partition coefficient (Wildman–Crippen LogP) is 6.12. The third-order valence-electron chi connectivity index (χ3n) is 6.12. The van der Waals surface area contributed by atoms with Crippen LogP contribution < -0.4 is 20.1 Å². The second kappa shape index (κ2) is 9.93. The van der Waals surface area contributed by atoms with Gasteiger partial charge in [-0.3, -0.25) is 9.78 Å². The molecule has 2 aromatic carbocycles. The van der Waals surface area contributed by atoms with Crippen LogP contribution in [0.1, 0.15) is 29.9 Å². The van der Waals surface area contributed by atoms with E-state index < -0.39 is 0 Å². The molecule has 2 heterocycles. The van der Waals surface area contributed by atoms with Crippen molar-refractivity contribution in [3.8, 4) is 11.5 Å². The van der Waals surface area contributed by atoms with Crippen molar-refractivity contribution in [3.05, 3.63) is 77.9 Å². The number of nitrogens with zero attached hydrogens (tertiary/aromatic N) is 1. The molecule has 5 rings (SSSR count). The molecule has 178 valence electrons. The molecule has 4 aromatic rings. The summed E-state index contributed by atoms with van der Waals surface area (Å²) in [5, 5.41) is 7.50. The van der Waals surface area contributed by atoms with Gasteiger partial charge in [-0.1, -0.05) is 0 Å². The zero-order chi connectivity index (χ0) is 24.2. The van der Waals surface area contributed by atoms with E-state index in [4.69, 9.17) is 18.9 Å². The maximum atomic E-state index is 12.5. The molecule has 0 aliphatic heterocycles. The highest BCUT2D eigenvalue weighted by Gasteiger charge is 2.19. The number of benzene rings is 2. The minimum atomic E-state index is -0.235. The largest absolute Gasteiger partial charge is 0.493 e. The Labute approximate surface area is 203 Å². The normalized spacial score (nSPS) is 13.0. The van der Waals surface area contributed by atoms with Crippen molar-refractivity contribution in [2.45, 2.75) is 25.7 Å². The number of nitrogens with one attached hydrogen (secondary N) is 2. The third kappa shape index (κ3) is 4.84. The van der Waals surface area contributed by atoms with E-state index in [-0.39, 0.29) is 5.91 Å². The lowest BCUT2D eigenvalue weighted by Crippen LogP contribution is -2.11. The number of ether oxygens (including phenoxy) is 2. The van der Waals surface area contributed by atoms with Crippen LogP contribution in [0.25, 0.3) is 17.0 Å². The number of amides is 1. The molecule has 7 heteroatoms. The molecule has 35 heavy (non-hydrogen) atoms. The van der Waals surface area contributed by atoms with Gasteiger partial charge in [-0.15, -0.1) is 0 Å². The van der Waals surface area contributed by atoms with Crippen molar-refractivity contribution in [2.24, 2.45) is 0 Å². The first kappa shape index (κ1) is 22.5. The van der Waals surface area contributed by atoms with E-state index in [2.05, 4.69) is 10.6 Å². The monoisotopic (exact) mass is 469 g/mol. The van der Waals surface area contributed by atoms with Gasteiger partial charge in [0.15, 0.2) is 11.5 Å². The summed E-state index contributed by atoms with van der Waals surface area (Å²) >= 11 is 0. The maximum absolute atomic E-state index is 12.5. The lowest BCUT2D eigenvalue weighted by atomic mass is 9.92. The van der Waals surface area contributed by atoms with E-state index in [0.717, 1.165) is 53.7 Å². The molecule has 0 fully saturated rings. The summed E-state index contributed by atoms with van der Waals surface area (Å²) in [6.45, 7) is 0. The smallest absolute Gasteiger partial charge is 0.248 e. The van der Waals surface area contributed by atoms with Gasteiger partial charge in [0.1, 0.15) is 5.76 Å². The first-order chi connectivity index (χ1) is 17.1. The molecule has 2 N–H and O–H groups in total. The molecule has 7 nitrogen and oxygen atoms in total. The Hall–Kier alpha value is -4.26. The van der Waals surface area contributed by atoms with Crippen molar-refractivity contribution in [2.75, 3.05) is 24.9 Å². The molecule has 0 bridgehead atoms. The number of anilines is 3. The molecule has 0 unspecified atom stereocenters. The van der Waals surface area contributed by atoms with Crippen LogP contribution >= 0.6 is 0 Å². The summed E-state index contributed by atoms with van der Waals surface area (Å²) in [5.74, 6) is 1.71. The van der Waals surface area contributed by atoms with Crippen molar-refractivity contribution in [3.63, 3.8) is 0 Å². The van der Waals surface area contributed by atoms with Crippen LogP contribution in [0.15, 0.2) is 65.3 Å². The second-order valence-electron chi connectivity index (χ2n) is 8.38. The number of furan rings is 1. The fraction of sp³-hybridized carbons (Fsp3) is 0.214. The van der Waals surface area contributed by atoms with Gasteiger partial charge in [-0.25, -0.2) is 0 Å². The summed E-state index contributed by atoms with van der Waals surface area (Å²) in [5.41, 5.74) is 5.83. The zero-order valence-electron chi connectivity index (χ0n) is 19.8. The molecule has 0 saturated heterocycles. The Bertz CT molecular complexity index is 1390. The van der Waals surface area contributed by atoms with Crippen LogP contribution in [-0.2, 0) is 17.6 Å². The van der Waals surface area contributed by atoms with Gasteiger partial charge >= 0.3 is 0 Å². The fourth-order valence-electron chi connectivity index (χ4n) is 4.43. The topological polar surface area (TPSA) is 85.6 Å². The molecule has 1 amide bonds. The Kier molecular flexibility index (Phi) is 6.39. The van der Waals surface area contributed by atoms with Gasteiger partial charge < -0.3 is 24.5 Å². The Morgan fingerprint density at radius 1 is 1.00 bits per heavy atom. The van der Waals surface area contributed by atoms with Gasteiger partial charge in [0, 0.05) is 34.6 Å². The van der Waals surface area contributed by atoms with Gasteiger partial charge in [-0.2, -0.15) is 0 Å². The van der Waals surface area contributed by atoms with Crippen molar-refractivity contribution in [1.29, 1.82) is 0 Å². The molecule has 0 saturated carbocycles. The number of rotatable bonds is 7. The molecule has 0 radical (unpaired) electrons. The van der Waals surface area contributed by atoms with Crippen molar-refractivity contribution < 1.29 is 18.7 Å². The van der Waals surface area contributed by atoms with Crippen LogP contribution in [0.3, 0.4) is 0 Å². The number of carbonyl (C=O) groups excluding carboxylic acids is 1. The highest BCUT2D eigenvalue weighted by atomic mass is 16.5. The van der Waals surface area contributed by atoms with Crippen LogP contribution in [0.4, 0.5) is 17.1 Å². The first-order valence-corrected chi connectivity index (χ1v) is 11.6. The zero-order valence-corrected chi connectivity index (χ0v) is 19.8. The van der Waals surface area contributed by atoms with Gasteiger partial charge in [0.05, 0.1) is 31.7 Å². The molecular weight excluding hydrogens is 442 g/mol. The highest BCUT2D eigenvalue weighted by molar-refractivity contribution is 6.04. The molecule has 0 spiro atoms. The minimum Gasteiger partial charge on any atom is -0.493 e. The number of hydrogen-bond acceptors (Lipinski definition) is 6. The third-order valence-corrected chi connectivity index (χ3v) is 6.12. The average molecular weight is 470 g/mol. The Morgan fingerprint density at radius 2 is 1.83 bits per heavy atom. The SMILES string of the molecule is COc1ccc(Nc2c3c(nc4ccc(NC(=O)/C=C/c5ccco5)cc24)CCCC3)cc1OC. The summed E-state index contributed by atoms with van der Waals surface area (Å²) in [6.07, 6.45) is 8.83. The van der Waals surface area contributed by atoms with Crippen LogP contribution in [0.5, 0.6) is 11.5 Å². The standard InChI is InChI=1S/C28H27N3O4/c1-33-25-13-10-19(17-26(25)34-2)30-28-21-7-3-4-8-23(21)31-24-12-9-18(16-22(24)28)29-27(32)14-11-20-6-5-15-35-20/h5-6,9-17H,3-4,7-8H2,1-2H3,(H,29,32)(H,30,31)/b14-11+. The van der Waals surface area contributed by atoms with Crippen molar-refractivity contribution in [1.82, 2.24) is 4.98 Å². The lowest BCUT2D eigenvalue weighted by Gasteiger charge is -2.22. The van der Waals surface area contributed by atoms with Crippen LogP contribution in [0.2, 0.25) is 0 Å². The number of carbonyl (C=O) groups is 1. The predicted molar refractivity (Wildman–Crippen MR) is 138 cm³/mol. The number of aryl methyl sites for hydroxylation is 1. The molecule has 1 aliphatic carbocycles. The number of pyridine rings is 1. The fourth-order valence-corrected chi connectivity index (χ4v) is 4.43. The van der Waals surface area contributed by atoms with E-state index in [1.165, 1.54) is 11.6 Å². The van der Waals surface area contributed by atoms with Crippen LogP contribution in [0, 0.1) is 0 Å². The van der Waals surface area contributed by atoms with Crippen molar-refractivity contribution >= 4 is 39.9 Å². The average Bonchev–Trinajstić information content (AvgIpc) is 3.41. The lowest BCUT2D eigenvalue weighted by molar-refractivity contribution is -0.111. The Morgan fingerprint density at radius 3 is 2.63 bits per heavy atom. The second-order valence-corrected chi connectivity index (χ2v) is 8.38.